The highest BCUT2D eigenvalue weighted by Crippen LogP contribution is 2.30. The van der Waals surface area contributed by atoms with Crippen molar-refractivity contribution < 1.29 is 20.4 Å². The van der Waals surface area contributed by atoms with Gasteiger partial charge in [-0.3, -0.25) is 0 Å². The van der Waals surface area contributed by atoms with Crippen molar-refractivity contribution in [3.05, 3.63) is 36.7 Å². The molecule has 0 aliphatic rings. The first-order chi connectivity index (χ1) is 11.4. The van der Waals surface area contributed by atoms with Gasteiger partial charge in [0.25, 0.3) is 0 Å². The summed E-state index contributed by atoms with van der Waals surface area (Å²) in [5.74, 6) is 0. The molecule has 0 saturated carbocycles. The van der Waals surface area contributed by atoms with Crippen LogP contribution in [-0.4, -0.2) is 63.5 Å². The Bertz CT molecular complexity index is 647. The van der Waals surface area contributed by atoms with E-state index >= 15 is 0 Å². The minimum absolute atomic E-state index is 0.131. The summed E-state index contributed by atoms with van der Waals surface area (Å²) in [7, 11) is 1.92. The molecule has 24 heavy (non-hydrogen) atoms. The number of hydrogen-bond acceptors (Lipinski definition) is 6. The number of aliphatic hydroxyl groups is 4. The van der Waals surface area contributed by atoms with Crippen LogP contribution in [0.5, 0.6) is 0 Å². The number of aryl methyl sites for hydroxylation is 1. The number of nitrogen functional groups attached to an aromatic ring is 1. The minimum Gasteiger partial charge on any atom is -0.398 e. The van der Waals surface area contributed by atoms with Crippen molar-refractivity contribution in [1.82, 2.24) is 4.57 Å². The molecule has 1 aromatic heterocycles. The highest BCUT2D eigenvalue weighted by atomic mass is 16.3. The lowest BCUT2D eigenvalue weighted by atomic mass is 10.1. The van der Waals surface area contributed by atoms with Crippen LogP contribution in [-0.2, 0) is 7.05 Å². The zero-order chi connectivity index (χ0) is 17.7. The molecule has 0 aliphatic heterocycles. The molecule has 2 atom stereocenters. The van der Waals surface area contributed by atoms with E-state index in [0.717, 1.165) is 16.8 Å². The van der Waals surface area contributed by atoms with Crippen LogP contribution in [0.25, 0.3) is 11.1 Å². The van der Waals surface area contributed by atoms with Gasteiger partial charge in [-0.2, -0.15) is 0 Å². The smallest absolute Gasteiger partial charge is 0.0945 e. The molecule has 2 aromatic rings. The fraction of sp³-hybridized carbons (Fsp3) is 0.412. The van der Waals surface area contributed by atoms with Crippen molar-refractivity contribution >= 4 is 11.4 Å². The number of aromatic nitrogens is 1. The SMILES string of the molecule is Cn1ccc(-c2cc(N(CC(O)CO)CC(O)CO)ccc2N)c1. The van der Waals surface area contributed by atoms with Crippen LogP contribution in [0.4, 0.5) is 11.4 Å². The first kappa shape index (κ1) is 18.3. The maximum Gasteiger partial charge on any atom is 0.0945 e. The average Bonchev–Trinajstić information content (AvgIpc) is 3.00. The van der Waals surface area contributed by atoms with Gasteiger partial charge in [-0.15, -0.1) is 0 Å². The first-order valence-electron chi connectivity index (χ1n) is 7.79. The Labute approximate surface area is 141 Å². The molecule has 2 unspecified atom stereocenters. The van der Waals surface area contributed by atoms with E-state index < -0.39 is 12.2 Å². The van der Waals surface area contributed by atoms with E-state index in [4.69, 9.17) is 15.9 Å². The summed E-state index contributed by atoms with van der Waals surface area (Å²) in [5.41, 5.74) is 9.24. The highest BCUT2D eigenvalue weighted by molar-refractivity contribution is 5.79. The van der Waals surface area contributed by atoms with Gasteiger partial charge in [-0.1, -0.05) is 0 Å². The Hall–Kier alpha value is -2.06. The predicted octanol–water partition coefficient (Wildman–Crippen LogP) is -0.213. The molecule has 2 rings (SSSR count). The third-order valence-corrected chi connectivity index (χ3v) is 3.83. The summed E-state index contributed by atoms with van der Waals surface area (Å²) in [4.78, 5) is 1.72. The molecule has 0 fully saturated rings. The lowest BCUT2D eigenvalue weighted by Gasteiger charge is -2.29. The number of aliphatic hydroxyl groups excluding tert-OH is 4. The van der Waals surface area contributed by atoms with Crippen LogP contribution < -0.4 is 10.6 Å². The molecular formula is C17H25N3O4. The average molecular weight is 335 g/mol. The molecule has 0 aliphatic carbocycles. The summed E-state index contributed by atoms with van der Waals surface area (Å²) < 4.78 is 1.92. The fourth-order valence-corrected chi connectivity index (χ4v) is 2.56. The monoisotopic (exact) mass is 335 g/mol. The number of anilines is 2. The Morgan fingerprint density at radius 3 is 2.21 bits per heavy atom. The number of hydrogen-bond donors (Lipinski definition) is 5. The summed E-state index contributed by atoms with van der Waals surface area (Å²) in [6.07, 6.45) is 1.97. The largest absolute Gasteiger partial charge is 0.398 e. The minimum atomic E-state index is -0.950. The maximum atomic E-state index is 9.76. The Morgan fingerprint density at radius 2 is 1.71 bits per heavy atom. The highest BCUT2D eigenvalue weighted by Gasteiger charge is 2.17. The Kier molecular flexibility index (Phi) is 6.22. The van der Waals surface area contributed by atoms with Gasteiger partial charge in [0, 0.05) is 55.0 Å². The van der Waals surface area contributed by atoms with Crippen molar-refractivity contribution in [3.63, 3.8) is 0 Å². The number of benzene rings is 1. The van der Waals surface area contributed by atoms with Gasteiger partial charge in [0.2, 0.25) is 0 Å². The van der Waals surface area contributed by atoms with E-state index in [1.807, 2.05) is 36.1 Å². The van der Waals surface area contributed by atoms with E-state index in [2.05, 4.69) is 0 Å². The van der Waals surface area contributed by atoms with Crippen molar-refractivity contribution in [1.29, 1.82) is 0 Å². The van der Waals surface area contributed by atoms with E-state index in [0.29, 0.717) is 5.69 Å². The molecule has 1 heterocycles. The summed E-state index contributed by atoms with van der Waals surface area (Å²) in [6.45, 7) is -0.504. The van der Waals surface area contributed by atoms with Gasteiger partial charge in [0.15, 0.2) is 0 Å². The van der Waals surface area contributed by atoms with E-state index in [1.165, 1.54) is 0 Å². The zero-order valence-electron chi connectivity index (χ0n) is 13.7. The van der Waals surface area contributed by atoms with Gasteiger partial charge >= 0.3 is 0 Å². The maximum absolute atomic E-state index is 9.76. The number of nitrogens with zero attached hydrogens (tertiary/aromatic N) is 2. The molecule has 132 valence electrons. The summed E-state index contributed by atoms with van der Waals surface area (Å²) >= 11 is 0. The lowest BCUT2D eigenvalue weighted by Crippen LogP contribution is -2.40. The van der Waals surface area contributed by atoms with Crippen molar-refractivity contribution in [2.45, 2.75) is 12.2 Å². The predicted molar refractivity (Wildman–Crippen MR) is 93.7 cm³/mol. The van der Waals surface area contributed by atoms with E-state index in [-0.39, 0.29) is 26.3 Å². The molecule has 0 amide bonds. The Balaban J connectivity index is 2.34. The van der Waals surface area contributed by atoms with Crippen LogP contribution in [0, 0.1) is 0 Å². The molecule has 7 heteroatoms. The quantitative estimate of drug-likeness (QED) is 0.426. The van der Waals surface area contributed by atoms with Crippen molar-refractivity contribution in [3.8, 4) is 11.1 Å². The van der Waals surface area contributed by atoms with Gasteiger partial charge in [-0.25, -0.2) is 0 Å². The zero-order valence-corrected chi connectivity index (χ0v) is 13.7. The van der Waals surface area contributed by atoms with Gasteiger partial charge < -0.3 is 35.6 Å². The molecule has 6 N–H and O–H groups in total. The summed E-state index contributed by atoms with van der Waals surface area (Å²) in [5, 5.41) is 37.7. The molecule has 0 bridgehead atoms. The van der Waals surface area contributed by atoms with Crippen LogP contribution in [0.2, 0.25) is 0 Å². The summed E-state index contributed by atoms with van der Waals surface area (Å²) in [6, 6.07) is 7.38. The van der Waals surface area contributed by atoms with E-state index in [1.54, 1.807) is 17.0 Å². The standard InChI is InChI=1S/C17H25N3O4/c1-19-5-4-12(7-19)16-6-13(2-3-17(16)18)20(8-14(23)10-21)9-15(24)11-22/h2-7,14-15,21-24H,8-11,18H2,1H3. The number of nitrogens with two attached hydrogens (primary N) is 1. The van der Waals surface area contributed by atoms with Crippen LogP contribution >= 0.6 is 0 Å². The molecule has 0 saturated heterocycles. The van der Waals surface area contributed by atoms with Gasteiger partial charge in [0.1, 0.15) is 0 Å². The molecule has 1 aromatic carbocycles. The molecule has 7 nitrogen and oxygen atoms in total. The topological polar surface area (TPSA) is 115 Å². The molecule has 0 radical (unpaired) electrons. The molecule has 0 spiro atoms. The normalized spacial score (nSPS) is 13.7. The fourth-order valence-electron chi connectivity index (χ4n) is 2.56. The van der Waals surface area contributed by atoms with Crippen molar-refractivity contribution in [2.75, 3.05) is 36.9 Å². The lowest BCUT2D eigenvalue weighted by molar-refractivity contribution is 0.0839. The first-order valence-corrected chi connectivity index (χ1v) is 7.79. The van der Waals surface area contributed by atoms with Crippen LogP contribution in [0.3, 0.4) is 0 Å². The second-order valence-electron chi connectivity index (χ2n) is 5.91. The van der Waals surface area contributed by atoms with Gasteiger partial charge in [0.05, 0.1) is 25.4 Å². The van der Waals surface area contributed by atoms with E-state index in [9.17, 15) is 10.2 Å². The Morgan fingerprint density at radius 1 is 1.08 bits per heavy atom. The second kappa shape index (κ2) is 8.16. The van der Waals surface area contributed by atoms with Crippen LogP contribution in [0.1, 0.15) is 0 Å². The molecular weight excluding hydrogens is 310 g/mol. The third kappa shape index (κ3) is 4.48. The third-order valence-electron chi connectivity index (χ3n) is 3.83. The van der Waals surface area contributed by atoms with Crippen molar-refractivity contribution in [2.24, 2.45) is 7.05 Å². The number of rotatable bonds is 8. The second-order valence-corrected chi connectivity index (χ2v) is 5.91. The van der Waals surface area contributed by atoms with Crippen LogP contribution in [0.15, 0.2) is 36.7 Å². The van der Waals surface area contributed by atoms with Gasteiger partial charge in [-0.05, 0) is 24.3 Å².